The molecule has 0 radical (unpaired) electrons. The van der Waals surface area contributed by atoms with Crippen LogP contribution >= 0.6 is 0 Å². The van der Waals surface area contributed by atoms with E-state index in [1.165, 1.54) is 6.20 Å². The largest absolute Gasteiger partial charge is 0.342 e. The number of fused-ring (bicyclic) bond motifs is 2. The zero-order valence-corrected chi connectivity index (χ0v) is 29.0. The van der Waals surface area contributed by atoms with Gasteiger partial charge < -0.3 is 10.6 Å². The number of pyridine rings is 2. The molecule has 0 saturated carbocycles. The Hall–Kier alpha value is -6.68. The number of imide groups is 1. The molecule has 3 amide bonds. The quantitative estimate of drug-likeness (QED) is 0.165. The molecule has 13 nitrogen and oxygen atoms in total. The van der Waals surface area contributed by atoms with Crippen molar-refractivity contribution < 1.29 is 14.4 Å². The smallest absolute Gasteiger partial charge is 0.328 e. The van der Waals surface area contributed by atoms with E-state index in [2.05, 4.69) is 74.8 Å². The van der Waals surface area contributed by atoms with Gasteiger partial charge in [0.1, 0.15) is 17.4 Å². The summed E-state index contributed by atoms with van der Waals surface area (Å²) >= 11 is 0. The van der Waals surface area contributed by atoms with E-state index in [-0.39, 0.29) is 48.0 Å². The molecule has 13 heteroatoms. The predicted octanol–water partition coefficient (Wildman–Crippen LogP) is 4.07. The molecule has 52 heavy (non-hydrogen) atoms. The van der Waals surface area contributed by atoms with Crippen molar-refractivity contribution in [3.63, 3.8) is 0 Å². The minimum absolute atomic E-state index is 0.0550. The van der Waals surface area contributed by atoms with Crippen LogP contribution in [0.25, 0.3) is 44.2 Å². The number of nitrogens with one attached hydrogen (secondary N) is 3. The highest BCUT2D eigenvalue weighted by Gasteiger charge is 2.27. The summed E-state index contributed by atoms with van der Waals surface area (Å²) < 4.78 is 3.41. The summed E-state index contributed by atoms with van der Waals surface area (Å²) in [5, 5.41) is 9.93. The Morgan fingerprint density at radius 3 is 2.60 bits per heavy atom. The molecule has 6 aromatic rings. The van der Waals surface area contributed by atoms with Crippen LogP contribution in [0, 0.1) is 11.8 Å². The van der Waals surface area contributed by atoms with Crippen molar-refractivity contribution in [2.45, 2.75) is 38.6 Å². The number of aromatic nitrogens is 6. The zero-order chi connectivity index (χ0) is 36.5. The zero-order valence-electron chi connectivity index (χ0n) is 29.0. The average molecular weight is 694 g/mol. The maximum absolute atomic E-state index is 12.8. The number of carbonyl (C=O) groups is 3. The van der Waals surface area contributed by atoms with Gasteiger partial charge in [0.25, 0.3) is 5.91 Å². The maximum atomic E-state index is 12.8. The van der Waals surface area contributed by atoms with Gasteiger partial charge in [0.2, 0.25) is 17.8 Å². The molecule has 4 aromatic heterocycles. The molecule has 260 valence electrons. The van der Waals surface area contributed by atoms with E-state index in [9.17, 15) is 19.2 Å². The van der Waals surface area contributed by atoms with E-state index in [0.29, 0.717) is 12.1 Å². The Kier molecular flexibility index (Phi) is 9.04. The van der Waals surface area contributed by atoms with E-state index in [1.807, 2.05) is 37.5 Å². The number of anilines is 1. The molecule has 7 rings (SSSR count). The number of aryl methyl sites for hydroxylation is 2. The molecule has 1 aliphatic rings. The van der Waals surface area contributed by atoms with Crippen molar-refractivity contribution in [1.29, 1.82) is 0 Å². The Morgan fingerprint density at radius 2 is 1.83 bits per heavy atom. The lowest BCUT2D eigenvalue weighted by atomic mass is 9.93. The maximum Gasteiger partial charge on any atom is 0.328 e. The number of nitrogens with zero attached hydrogens (tertiary/aromatic N) is 6. The van der Waals surface area contributed by atoms with E-state index in [4.69, 9.17) is 4.98 Å². The summed E-state index contributed by atoms with van der Waals surface area (Å²) in [5.74, 6) is 5.07. The van der Waals surface area contributed by atoms with Crippen molar-refractivity contribution >= 4 is 45.5 Å². The highest BCUT2D eigenvalue weighted by molar-refractivity contribution is 6.01. The third-order valence-electron chi connectivity index (χ3n) is 9.13. The van der Waals surface area contributed by atoms with Crippen LogP contribution in [-0.4, -0.2) is 59.4 Å². The van der Waals surface area contributed by atoms with Crippen LogP contribution in [0.15, 0.2) is 78.0 Å². The SMILES string of the molecule is CC(C)c1cc(-c2cccc3cc(-c4ccc(C(=O)NCC#Cc5ccnc(NC6CCC(=O)NC6=O)n5)nc4)ncc23)cc2c1n(C)c(=O)n2C. The molecule has 5 heterocycles. The first-order valence-corrected chi connectivity index (χ1v) is 16.8. The molecule has 0 bridgehead atoms. The monoisotopic (exact) mass is 693 g/mol. The van der Waals surface area contributed by atoms with E-state index in [1.54, 1.807) is 34.5 Å². The molecule has 0 spiro atoms. The van der Waals surface area contributed by atoms with Gasteiger partial charge in [-0.05, 0) is 76.7 Å². The topological polar surface area (TPSA) is 166 Å². The lowest BCUT2D eigenvalue weighted by Gasteiger charge is -2.21. The van der Waals surface area contributed by atoms with Crippen LogP contribution in [0.3, 0.4) is 0 Å². The number of carbonyl (C=O) groups excluding carboxylic acids is 3. The molecule has 1 fully saturated rings. The summed E-state index contributed by atoms with van der Waals surface area (Å²) in [6.07, 6.45) is 5.57. The molecule has 1 unspecified atom stereocenters. The fourth-order valence-electron chi connectivity index (χ4n) is 6.38. The Bertz CT molecular complexity index is 2520. The molecule has 1 atom stereocenters. The average Bonchev–Trinajstić information content (AvgIpc) is 3.37. The number of hydrogen-bond acceptors (Lipinski definition) is 9. The summed E-state index contributed by atoms with van der Waals surface area (Å²) in [6, 6.07) is 16.8. The lowest BCUT2D eigenvalue weighted by Crippen LogP contribution is -2.47. The van der Waals surface area contributed by atoms with Crippen molar-refractivity contribution in [1.82, 2.24) is 39.7 Å². The van der Waals surface area contributed by atoms with Crippen LogP contribution in [0.1, 0.15) is 54.4 Å². The minimum Gasteiger partial charge on any atom is -0.342 e. The van der Waals surface area contributed by atoms with Gasteiger partial charge in [0, 0.05) is 50.1 Å². The van der Waals surface area contributed by atoms with E-state index >= 15 is 0 Å². The van der Waals surface area contributed by atoms with Gasteiger partial charge in [-0.15, -0.1) is 0 Å². The van der Waals surface area contributed by atoms with Gasteiger partial charge in [0.15, 0.2) is 0 Å². The van der Waals surface area contributed by atoms with Gasteiger partial charge in [-0.2, -0.15) is 0 Å². The summed E-state index contributed by atoms with van der Waals surface area (Å²) in [7, 11) is 3.62. The van der Waals surface area contributed by atoms with Crippen molar-refractivity contribution in [3.05, 3.63) is 101 Å². The van der Waals surface area contributed by atoms with Crippen molar-refractivity contribution in [2.75, 3.05) is 11.9 Å². The second kappa shape index (κ2) is 13.9. The van der Waals surface area contributed by atoms with Gasteiger partial charge >= 0.3 is 5.69 Å². The number of hydrogen-bond donors (Lipinski definition) is 3. The third kappa shape index (κ3) is 6.61. The van der Waals surface area contributed by atoms with Crippen LogP contribution in [0.5, 0.6) is 0 Å². The molecular weight excluding hydrogens is 658 g/mol. The molecule has 0 aliphatic carbocycles. The highest BCUT2D eigenvalue weighted by atomic mass is 16.2. The molecule has 1 aliphatic heterocycles. The number of rotatable bonds is 7. The van der Waals surface area contributed by atoms with Gasteiger partial charge in [0.05, 0.1) is 23.3 Å². The van der Waals surface area contributed by atoms with Gasteiger partial charge in [-0.1, -0.05) is 38.0 Å². The molecule has 3 N–H and O–H groups in total. The fraction of sp³-hybridized carbons (Fsp3) is 0.231. The summed E-state index contributed by atoms with van der Waals surface area (Å²) in [5.41, 5.74) is 7.04. The van der Waals surface area contributed by atoms with Crippen molar-refractivity contribution in [2.24, 2.45) is 14.1 Å². The summed E-state index contributed by atoms with van der Waals surface area (Å²) in [4.78, 5) is 66.5. The minimum atomic E-state index is -0.608. The fourth-order valence-corrected chi connectivity index (χ4v) is 6.38. The Labute approximate surface area is 298 Å². The standard InChI is InChI=1S/C39H35N9O4/c1-22(2)28-17-25(19-33-35(28)48(4)39(52)47(33)3)27-9-5-7-23-18-32(43-21-29(23)27)24-10-11-30(42-20-24)36(50)40-15-6-8-26-14-16-41-38(44-26)45-31-12-13-34(49)46-37(31)51/h5,7,9-11,14,16-22,31H,12-13,15H2,1-4H3,(H,40,50)(H,41,44,45)(H,46,49,51). The number of piperidine rings is 1. The number of imidazole rings is 1. The highest BCUT2D eigenvalue weighted by Crippen LogP contribution is 2.35. The number of benzene rings is 2. The number of amides is 3. The van der Waals surface area contributed by atoms with Gasteiger partial charge in [-0.3, -0.25) is 38.8 Å². The first-order chi connectivity index (χ1) is 25.1. The second-order valence-corrected chi connectivity index (χ2v) is 12.9. The summed E-state index contributed by atoms with van der Waals surface area (Å²) in [6.45, 7) is 4.33. The van der Waals surface area contributed by atoms with Crippen LogP contribution < -0.4 is 21.6 Å². The third-order valence-corrected chi connectivity index (χ3v) is 9.13. The van der Waals surface area contributed by atoms with Crippen LogP contribution in [-0.2, 0) is 23.7 Å². The first-order valence-electron chi connectivity index (χ1n) is 16.8. The molecule has 1 saturated heterocycles. The normalized spacial score (nSPS) is 14.3. The van der Waals surface area contributed by atoms with Crippen LogP contribution in [0.2, 0.25) is 0 Å². The van der Waals surface area contributed by atoms with E-state index in [0.717, 1.165) is 49.8 Å². The van der Waals surface area contributed by atoms with E-state index < -0.39 is 11.9 Å². The predicted molar refractivity (Wildman–Crippen MR) is 197 cm³/mol. The van der Waals surface area contributed by atoms with Crippen LogP contribution in [0.4, 0.5) is 5.95 Å². The first kappa shape index (κ1) is 33.8. The van der Waals surface area contributed by atoms with Crippen molar-refractivity contribution in [3.8, 4) is 34.2 Å². The molecular formula is C39H35N9O4. The Morgan fingerprint density at radius 1 is 0.981 bits per heavy atom. The van der Waals surface area contributed by atoms with Gasteiger partial charge in [-0.25, -0.2) is 14.8 Å². The second-order valence-electron chi connectivity index (χ2n) is 12.9. The lowest BCUT2D eigenvalue weighted by molar-refractivity contribution is -0.133. The molecule has 2 aromatic carbocycles. The Balaban J connectivity index is 1.03.